The van der Waals surface area contributed by atoms with Crippen LogP contribution in [0.1, 0.15) is 0 Å². The largest absolute Gasteiger partial charge is 0.495 e. The third-order valence-corrected chi connectivity index (χ3v) is 3.62. The lowest BCUT2D eigenvalue weighted by atomic mass is 10.2. The van der Waals surface area contributed by atoms with Crippen molar-refractivity contribution in [3.8, 4) is 5.75 Å². The Bertz CT molecular complexity index is 400. The van der Waals surface area contributed by atoms with E-state index in [1.807, 2.05) is 31.1 Å². The molecule has 0 fully saturated rings. The van der Waals surface area contributed by atoms with E-state index in [0.717, 1.165) is 20.4 Å². The number of likely N-dealkylation sites (N-methyl/N-ethyl adjacent to an activating group) is 1. The molecule has 1 aromatic carbocycles. The zero-order valence-electron chi connectivity index (χ0n) is 10.7. The molecule has 0 saturated carbocycles. The highest BCUT2D eigenvalue weighted by molar-refractivity contribution is 9.11. The fourth-order valence-electron chi connectivity index (χ4n) is 1.53. The van der Waals surface area contributed by atoms with Gasteiger partial charge in [0, 0.05) is 23.6 Å². The second kappa shape index (κ2) is 7.33. The highest BCUT2D eigenvalue weighted by atomic mass is 79.9. The molecule has 0 spiro atoms. The van der Waals surface area contributed by atoms with E-state index >= 15 is 0 Å². The minimum absolute atomic E-state index is 0.415. The molecule has 1 rings (SSSR count). The number of nitrogens with zero attached hydrogens (tertiary/aromatic N) is 1. The summed E-state index contributed by atoms with van der Waals surface area (Å²) in [4.78, 5) is 1.95. The van der Waals surface area contributed by atoms with Gasteiger partial charge >= 0.3 is 0 Å². The van der Waals surface area contributed by atoms with Crippen LogP contribution in [0.25, 0.3) is 0 Å². The normalized spacial score (nSPS) is 12.6. The summed E-state index contributed by atoms with van der Waals surface area (Å²) in [5.74, 6) is 0.753. The molecule has 18 heavy (non-hydrogen) atoms. The first kappa shape index (κ1) is 15.8. The molecular weight excluding hydrogens is 364 g/mol. The average Bonchev–Trinajstić information content (AvgIpc) is 2.27. The lowest BCUT2D eigenvalue weighted by Gasteiger charge is -2.18. The summed E-state index contributed by atoms with van der Waals surface area (Å²) in [5.41, 5.74) is 0.896. The smallest absolute Gasteiger partial charge is 0.135 e. The minimum Gasteiger partial charge on any atom is -0.495 e. The number of methoxy groups -OCH3 is 1. The molecule has 0 aromatic heterocycles. The molecule has 6 heteroatoms. The van der Waals surface area contributed by atoms with Gasteiger partial charge in [0.05, 0.1) is 23.4 Å². The van der Waals surface area contributed by atoms with E-state index in [9.17, 15) is 5.11 Å². The average molecular weight is 382 g/mol. The van der Waals surface area contributed by atoms with Crippen molar-refractivity contribution in [2.45, 2.75) is 6.10 Å². The summed E-state index contributed by atoms with van der Waals surface area (Å²) < 4.78 is 7.04. The summed E-state index contributed by atoms with van der Waals surface area (Å²) in [6.45, 7) is 1.11. The van der Waals surface area contributed by atoms with Crippen molar-refractivity contribution in [2.75, 3.05) is 39.6 Å². The number of rotatable bonds is 6. The summed E-state index contributed by atoms with van der Waals surface area (Å²) in [6, 6.07) is 3.80. The molecule has 1 atom stereocenters. The highest BCUT2D eigenvalue weighted by Crippen LogP contribution is 2.34. The van der Waals surface area contributed by atoms with Crippen LogP contribution in [0.3, 0.4) is 0 Å². The third-order valence-electron chi connectivity index (χ3n) is 2.35. The SMILES string of the molecule is COc1cc(NCC(O)CN(C)C)c(Br)cc1Br. The molecule has 4 nitrogen and oxygen atoms in total. The Hall–Kier alpha value is -0.300. The number of halogens is 2. The van der Waals surface area contributed by atoms with Gasteiger partial charge in [0.1, 0.15) is 5.75 Å². The van der Waals surface area contributed by atoms with Crippen molar-refractivity contribution in [2.24, 2.45) is 0 Å². The Morgan fingerprint density at radius 3 is 2.56 bits per heavy atom. The lowest BCUT2D eigenvalue weighted by molar-refractivity contribution is 0.148. The van der Waals surface area contributed by atoms with Gasteiger partial charge in [0.15, 0.2) is 0 Å². The molecule has 2 N–H and O–H groups in total. The van der Waals surface area contributed by atoms with Crippen molar-refractivity contribution in [1.82, 2.24) is 4.90 Å². The van der Waals surface area contributed by atoms with Crippen LogP contribution in [0, 0.1) is 0 Å². The molecule has 1 unspecified atom stereocenters. The van der Waals surface area contributed by atoms with Crippen LogP contribution >= 0.6 is 31.9 Å². The quantitative estimate of drug-likeness (QED) is 0.794. The standard InChI is InChI=1S/C12H18Br2N2O2/c1-16(2)7-8(17)6-15-11-5-12(18-3)10(14)4-9(11)13/h4-5,8,15,17H,6-7H2,1-3H3. The Morgan fingerprint density at radius 2 is 2.00 bits per heavy atom. The van der Waals surface area contributed by atoms with Gasteiger partial charge in [-0.2, -0.15) is 0 Å². The zero-order chi connectivity index (χ0) is 13.7. The molecule has 0 heterocycles. The number of hydrogen-bond donors (Lipinski definition) is 2. The Balaban J connectivity index is 2.67. The molecule has 0 aliphatic carbocycles. The van der Waals surface area contributed by atoms with Crippen molar-refractivity contribution >= 4 is 37.5 Å². The van der Waals surface area contributed by atoms with Gasteiger partial charge in [-0.25, -0.2) is 0 Å². The fourth-order valence-corrected chi connectivity index (χ4v) is 2.83. The summed E-state index contributed by atoms with van der Waals surface area (Å²) in [6.07, 6.45) is -0.415. The first-order valence-electron chi connectivity index (χ1n) is 5.53. The fraction of sp³-hybridized carbons (Fsp3) is 0.500. The van der Waals surface area contributed by atoms with E-state index in [-0.39, 0.29) is 0 Å². The number of nitrogens with one attached hydrogen (secondary N) is 1. The zero-order valence-corrected chi connectivity index (χ0v) is 13.9. The predicted octanol–water partition coefficient (Wildman–Crippen LogP) is 2.55. The van der Waals surface area contributed by atoms with Crippen molar-refractivity contribution in [1.29, 1.82) is 0 Å². The van der Waals surface area contributed by atoms with E-state index < -0.39 is 6.10 Å². The van der Waals surface area contributed by atoms with E-state index in [4.69, 9.17) is 4.74 Å². The molecule has 0 bridgehead atoms. The molecule has 0 amide bonds. The molecular formula is C12H18Br2N2O2. The number of benzene rings is 1. The maximum atomic E-state index is 9.79. The second-order valence-corrected chi connectivity index (χ2v) is 5.97. The molecule has 0 aliphatic heterocycles. The second-order valence-electron chi connectivity index (χ2n) is 4.26. The highest BCUT2D eigenvalue weighted by Gasteiger charge is 2.09. The van der Waals surface area contributed by atoms with Crippen LogP contribution in [-0.4, -0.2) is 50.4 Å². The van der Waals surface area contributed by atoms with Crippen molar-refractivity contribution in [3.63, 3.8) is 0 Å². The summed E-state index contributed by atoms with van der Waals surface area (Å²) >= 11 is 6.89. The van der Waals surface area contributed by atoms with Crippen LogP contribution in [0.2, 0.25) is 0 Å². The van der Waals surface area contributed by atoms with E-state index in [1.165, 1.54) is 0 Å². The first-order chi connectivity index (χ1) is 8.43. The maximum absolute atomic E-state index is 9.79. The van der Waals surface area contributed by atoms with Crippen LogP contribution in [0.4, 0.5) is 5.69 Å². The maximum Gasteiger partial charge on any atom is 0.135 e. The number of ether oxygens (including phenoxy) is 1. The van der Waals surface area contributed by atoms with Gasteiger partial charge in [-0.05, 0) is 52.0 Å². The van der Waals surface area contributed by atoms with Gasteiger partial charge in [-0.3, -0.25) is 0 Å². The van der Waals surface area contributed by atoms with Crippen LogP contribution < -0.4 is 10.1 Å². The Kier molecular flexibility index (Phi) is 6.42. The third kappa shape index (κ3) is 4.76. The van der Waals surface area contributed by atoms with E-state index in [2.05, 4.69) is 37.2 Å². The molecule has 0 radical (unpaired) electrons. The number of anilines is 1. The molecule has 0 saturated heterocycles. The van der Waals surface area contributed by atoms with Gasteiger partial charge in [0.2, 0.25) is 0 Å². The Labute approximate surface area is 125 Å². The van der Waals surface area contributed by atoms with Gasteiger partial charge in [-0.1, -0.05) is 0 Å². The predicted molar refractivity (Wildman–Crippen MR) is 81.4 cm³/mol. The van der Waals surface area contributed by atoms with Crippen molar-refractivity contribution in [3.05, 3.63) is 21.1 Å². The molecule has 102 valence electrons. The van der Waals surface area contributed by atoms with Crippen LogP contribution in [-0.2, 0) is 0 Å². The topological polar surface area (TPSA) is 44.7 Å². The van der Waals surface area contributed by atoms with Crippen LogP contribution in [0.5, 0.6) is 5.75 Å². The van der Waals surface area contributed by atoms with Gasteiger partial charge < -0.3 is 20.1 Å². The van der Waals surface area contributed by atoms with Crippen LogP contribution in [0.15, 0.2) is 21.1 Å². The Morgan fingerprint density at radius 1 is 1.33 bits per heavy atom. The van der Waals surface area contributed by atoms with Crippen molar-refractivity contribution < 1.29 is 9.84 Å². The van der Waals surface area contributed by atoms with Gasteiger partial charge in [0.25, 0.3) is 0 Å². The monoisotopic (exact) mass is 380 g/mol. The molecule has 1 aromatic rings. The number of aliphatic hydroxyl groups excluding tert-OH is 1. The summed E-state index contributed by atoms with van der Waals surface area (Å²) in [5, 5.41) is 13.0. The number of aliphatic hydroxyl groups is 1. The summed E-state index contributed by atoms with van der Waals surface area (Å²) in [7, 11) is 5.49. The van der Waals surface area contributed by atoms with Gasteiger partial charge in [-0.15, -0.1) is 0 Å². The molecule has 0 aliphatic rings. The van der Waals surface area contributed by atoms with E-state index in [1.54, 1.807) is 7.11 Å². The van der Waals surface area contributed by atoms with E-state index in [0.29, 0.717) is 13.1 Å². The minimum atomic E-state index is -0.415. The lowest BCUT2D eigenvalue weighted by Crippen LogP contribution is -2.31. The first-order valence-corrected chi connectivity index (χ1v) is 7.12. The number of hydrogen-bond acceptors (Lipinski definition) is 4.